The summed E-state index contributed by atoms with van der Waals surface area (Å²) in [5, 5.41) is 18.4. The number of aromatic nitrogens is 2. The molecule has 1 aliphatic heterocycles. The Labute approximate surface area is 254 Å². The normalized spacial score (nSPS) is 15.2. The Balaban J connectivity index is 1.33. The van der Waals surface area contributed by atoms with Crippen LogP contribution in [0.25, 0.3) is 16.6 Å². The van der Waals surface area contributed by atoms with Gasteiger partial charge in [0.05, 0.1) is 22.3 Å². The number of anilines is 1. The summed E-state index contributed by atoms with van der Waals surface area (Å²) in [6.45, 7) is 11.3. The molecule has 0 unspecified atom stereocenters. The largest absolute Gasteiger partial charge is 0.396 e. The number of piperidine rings is 1. The number of aliphatic hydroxyl groups excluding tert-OH is 1. The van der Waals surface area contributed by atoms with Crippen molar-refractivity contribution in [2.45, 2.75) is 58.4 Å². The molecule has 9 nitrogen and oxygen atoms in total. The van der Waals surface area contributed by atoms with E-state index in [2.05, 4.69) is 21.2 Å². The number of amides is 1. The van der Waals surface area contributed by atoms with Crippen LogP contribution in [0, 0.1) is 33.6 Å². The number of fused-ring (bicyclic) bond motifs is 1. The standard InChI is InChI=1S/C33H41N5O4S/c1-21-13-23(3)32(24(4)14-21)43(41,42)36-25(5)18-34-30-15-22(2)16-31-29(30)19-35-38(31)28-8-6-7-27(17-28)33(40)37-11-9-26(20-39)10-12-37/h6-8,13-17,19,25-26,34,36,39H,9-12,18,20H2,1-5H3/t25-/m0/s1. The van der Waals surface area contributed by atoms with E-state index in [-0.39, 0.29) is 24.5 Å². The van der Waals surface area contributed by atoms with Crippen LogP contribution in [0.4, 0.5) is 5.69 Å². The molecule has 0 bridgehead atoms. The molecule has 228 valence electrons. The van der Waals surface area contributed by atoms with E-state index < -0.39 is 10.0 Å². The number of carbonyl (C=O) groups excluding carboxylic acids is 1. The summed E-state index contributed by atoms with van der Waals surface area (Å²) in [7, 11) is -3.70. The fraction of sp³-hybridized carbons (Fsp3) is 0.394. The zero-order valence-electron chi connectivity index (χ0n) is 25.5. The summed E-state index contributed by atoms with van der Waals surface area (Å²) in [6, 6.07) is 15.0. The summed E-state index contributed by atoms with van der Waals surface area (Å²) in [6.07, 6.45) is 3.41. The number of rotatable bonds is 9. The van der Waals surface area contributed by atoms with Gasteiger partial charge in [-0.2, -0.15) is 5.10 Å². The first-order valence-corrected chi connectivity index (χ1v) is 16.3. The Morgan fingerprint density at radius 3 is 2.37 bits per heavy atom. The third-order valence-corrected chi connectivity index (χ3v) is 10.1. The molecule has 1 amide bonds. The summed E-state index contributed by atoms with van der Waals surface area (Å²) in [5.41, 5.74) is 6.65. The molecule has 0 saturated carbocycles. The highest BCUT2D eigenvalue weighted by Crippen LogP contribution is 2.29. The minimum absolute atomic E-state index is 0.0132. The molecule has 0 aliphatic carbocycles. The molecule has 0 radical (unpaired) electrons. The smallest absolute Gasteiger partial charge is 0.253 e. The number of nitrogens with zero attached hydrogens (tertiary/aromatic N) is 3. The molecule has 5 rings (SSSR count). The van der Waals surface area contributed by atoms with Crippen LogP contribution in [0.3, 0.4) is 0 Å². The lowest BCUT2D eigenvalue weighted by Crippen LogP contribution is -2.39. The minimum Gasteiger partial charge on any atom is -0.396 e. The fourth-order valence-corrected chi connectivity index (χ4v) is 7.81. The average molecular weight is 604 g/mol. The first-order chi connectivity index (χ1) is 20.5. The van der Waals surface area contributed by atoms with Crippen molar-refractivity contribution >= 4 is 32.5 Å². The van der Waals surface area contributed by atoms with E-state index in [0.717, 1.165) is 57.4 Å². The number of benzene rings is 3. The Morgan fingerprint density at radius 1 is 1.02 bits per heavy atom. The molecule has 3 aromatic carbocycles. The third kappa shape index (κ3) is 6.61. The second kappa shape index (κ2) is 12.5. The number of hydrogen-bond donors (Lipinski definition) is 3. The van der Waals surface area contributed by atoms with Gasteiger partial charge in [0.25, 0.3) is 5.91 Å². The number of nitrogens with one attached hydrogen (secondary N) is 2. The minimum atomic E-state index is -3.70. The Bertz CT molecular complexity index is 1730. The molecule has 1 aliphatic rings. The van der Waals surface area contributed by atoms with Gasteiger partial charge in [-0.3, -0.25) is 4.79 Å². The van der Waals surface area contributed by atoms with Gasteiger partial charge in [0.1, 0.15) is 0 Å². The van der Waals surface area contributed by atoms with Crippen molar-refractivity contribution in [3.05, 3.63) is 82.5 Å². The van der Waals surface area contributed by atoms with Gasteiger partial charge in [-0.15, -0.1) is 0 Å². The van der Waals surface area contributed by atoms with Gasteiger partial charge in [-0.25, -0.2) is 17.8 Å². The van der Waals surface area contributed by atoms with Gasteiger partial charge >= 0.3 is 0 Å². The van der Waals surface area contributed by atoms with Crippen molar-refractivity contribution in [2.24, 2.45) is 5.92 Å². The van der Waals surface area contributed by atoms with Crippen LogP contribution < -0.4 is 10.0 Å². The summed E-state index contributed by atoms with van der Waals surface area (Å²) in [5.74, 6) is 0.252. The molecular formula is C33H41N5O4S. The highest BCUT2D eigenvalue weighted by molar-refractivity contribution is 7.89. The molecule has 10 heteroatoms. The molecule has 43 heavy (non-hydrogen) atoms. The Hall–Kier alpha value is -3.73. The molecular weight excluding hydrogens is 562 g/mol. The molecule has 2 heterocycles. The number of hydrogen-bond acceptors (Lipinski definition) is 6. The van der Waals surface area contributed by atoms with E-state index in [9.17, 15) is 18.3 Å². The van der Waals surface area contributed by atoms with E-state index in [1.54, 1.807) is 6.20 Å². The van der Waals surface area contributed by atoms with Gasteiger partial charge in [-0.05, 0) is 100 Å². The average Bonchev–Trinajstić information content (AvgIpc) is 3.38. The molecule has 0 spiro atoms. The van der Waals surface area contributed by atoms with Crippen molar-refractivity contribution in [2.75, 3.05) is 31.6 Å². The first kappa shape index (κ1) is 30.7. The molecule has 3 N–H and O–H groups in total. The molecule has 1 saturated heterocycles. The number of aliphatic hydroxyl groups is 1. The zero-order chi connectivity index (χ0) is 30.9. The van der Waals surface area contributed by atoms with Crippen LogP contribution in [-0.2, 0) is 10.0 Å². The predicted molar refractivity (Wildman–Crippen MR) is 170 cm³/mol. The van der Waals surface area contributed by atoms with Crippen molar-refractivity contribution in [3.63, 3.8) is 0 Å². The lowest BCUT2D eigenvalue weighted by molar-refractivity contribution is 0.0651. The van der Waals surface area contributed by atoms with Crippen LogP contribution in [0.5, 0.6) is 0 Å². The van der Waals surface area contributed by atoms with Crippen LogP contribution in [0.2, 0.25) is 0 Å². The van der Waals surface area contributed by atoms with Crippen molar-refractivity contribution in [1.29, 1.82) is 0 Å². The monoisotopic (exact) mass is 603 g/mol. The highest BCUT2D eigenvalue weighted by atomic mass is 32.2. The van der Waals surface area contributed by atoms with Crippen LogP contribution in [-0.4, -0.2) is 66.4 Å². The topological polar surface area (TPSA) is 117 Å². The van der Waals surface area contributed by atoms with E-state index in [1.807, 2.05) is 86.7 Å². The van der Waals surface area contributed by atoms with Gasteiger partial charge in [0.2, 0.25) is 10.0 Å². The second-order valence-corrected chi connectivity index (χ2v) is 13.6. The maximum atomic E-state index is 13.3. The molecule has 4 aromatic rings. The quantitative estimate of drug-likeness (QED) is 0.251. The third-order valence-electron chi connectivity index (χ3n) is 8.16. The van der Waals surface area contributed by atoms with Gasteiger partial charge in [0.15, 0.2) is 0 Å². The van der Waals surface area contributed by atoms with E-state index in [0.29, 0.717) is 30.1 Å². The summed E-state index contributed by atoms with van der Waals surface area (Å²) in [4.78, 5) is 15.4. The zero-order valence-corrected chi connectivity index (χ0v) is 26.3. The lowest BCUT2D eigenvalue weighted by atomic mass is 9.97. The van der Waals surface area contributed by atoms with Crippen molar-refractivity contribution in [3.8, 4) is 5.69 Å². The van der Waals surface area contributed by atoms with Crippen LogP contribution >= 0.6 is 0 Å². The predicted octanol–water partition coefficient (Wildman–Crippen LogP) is 4.88. The SMILES string of the molecule is Cc1cc(C)c(S(=O)(=O)N[C@@H](C)CNc2cc(C)cc3c2cnn3-c2cccc(C(=O)N3CCC(CO)CC3)c2)c(C)c1. The van der Waals surface area contributed by atoms with Gasteiger partial charge in [-0.1, -0.05) is 23.8 Å². The number of sulfonamides is 1. The molecule has 1 fully saturated rings. The molecule has 1 aromatic heterocycles. The van der Waals surface area contributed by atoms with Crippen molar-refractivity contribution < 1.29 is 18.3 Å². The van der Waals surface area contributed by atoms with Gasteiger partial charge < -0.3 is 15.3 Å². The van der Waals surface area contributed by atoms with E-state index in [4.69, 9.17) is 0 Å². The number of likely N-dealkylation sites (tertiary alicyclic amines) is 1. The van der Waals surface area contributed by atoms with Crippen LogP contribution in [0.15, 0.2) is 59.6 Å². The maximum absolute atomic E-state index is 13.3. The maximum Gasteiger partial charge on any atom is 0.253 e. The van der Waals surface area contributed by atoms with E-state index >= 15 is 0 Å². The van der Waals surface area contributed by atoms with Crippen molar-refractivity contribution in [1.82, 2.24) is 19.4 Å². The summed E-state index contributed by atoms with van der Waals surface area (Å²) < 4.78 is 31.2. The Morgan fingerprint density at radius 2 is 1.70 bits per heavy atom. The van der Waals surface area contributed by atoms with Gasteiger partial charge in [0, 0.05) is 48.9 Å². The molecule has 1 atom stereocenters. The highest BCUT2D eigenvalue weighted by Gasteiger charge is 2.24. The Kier molecular flexibility index (Phi) is 8.91. The fourth-order valence-electron chi connectivity index (χ4n) is 6.11. The summed E-state index contributed by atoms with van der Waals surface area (Å²) >= 11 is 0. The number of aryl methyl sites for hydroxylation is 4. The number of carbonyl (C=O) groups is 1. The van der Waals surface area contributed by atoms with E-state index in [1.165, 1.54) is 0 Å². The lowest BCUT2D eigenvalue weighted by Gasteiger charge is -2.31. The first-order valence-electron chi connectivity index (χ1n) is 14.8. The second-order valence-electron chi connectivity index (χ2n) is 11.9. The van der Waals surface area contributed by atoms with Crippen LogP contribution in [0.1, 0.15) is 52.4 Å².